The van der Waals surface area contributed by atoms with Gasteiger partial charge in [0, 0.05) is 6.66 Å². The van der Waals surface area contributed by atoms with E-state index in [1.807, 2.05) is 0 Å². The molecule has 0 heterocycles. The highest BCUT2D eigenvalue weighted by Gasteiger charge is 2.24. The highest BCUT2D eigenvalue weighted by Crippen LogP contribution is 2.43. The van der Waals surface area contributed by atoms with Crippen LogP contribution in [-0.4, -0.2) is 82.7 Å². The van der Waals surface area contributed by atoms with Gasteiger partial charge in [-0.2, -0.15) is 0 Å². The van der Waals surface area contributed by atoms with Gasteiger partial charge in [0.05, 0.1) is 40.8 Å². The maximum absolute atomic E-state index is 12.2. The summed E-state index contributed by atoms with van der Waals surface area (Å²) in [4.78, 5) is 0. The number of hydrogen-bond donors (Lipinski definition) is 0. The van der Waals surface area contributed by atoms with Crippen LogP contribution >= 0.6 is 7.60 Å². The Labute approximate surface area is 125 Å². The van der Waals surface area contributed by atoms with Gasteiger partial charge >= 0.3 is 7.60 Å². The largest absolute Gasteiger partial charge is 0.329 e. The molecule has 6 heteroatoms. The van der Waals surface area contributed by atoms with Gasteiger partial charge < -0.3 is 18.0 Å². The zero-order valence-electron chi connectivity index (χ0n) is 14.5. The van der Waals surface area contributed by atoms with Gasteiger partial charge in [0.15, 0.2) is 0 Å². The van der Waals surface area contributed by atoms with E-state index in [1.54, 1.807) is 6.66 Å². The molecule has 0 saturated carbocycles. The molecule has 5 nitrogen and oxygen atoms in total. The van der Waals surface area contributed by atoms with Crippen molar-refractivity contribution in [2.24, 2.45) is 0 Å². The van der Waals surface area contributed by atoms with Crippen LogP contribution < -0.4 is 0 Å². The average molecular weight is 310 g/mol. The van der Waals surface area contributed by atoms with Crippen LogP contribution in [0, 0.1) is 0 Å². The third-order valence-electron chi connectivity index (χ3n) is 3.99. The lowest BCUT2D eigenvalue weighted by Gasteiger charge is -2.35. The Morgan fingerprint density at radius 3 is 1.60 bits per heavy atom. The minimum atomic E-state index is -2.92. The van der Waals surface area contributed by atoms with E-state index < -0.39 is 7.60 Å². The second-order valence-electron chi connectivity index (χ2n) is 6.47. The lowest BCUT2D eigenvalue weighted by molar-refractivity contribution is -0.923. The van der Waals surface area contributed by atoms with E-state index in [-0.39, 0.29) is 0 Å². The first kappa shape index (κ1) is 20.1. The summed E-state index contributed by atoms with van der Waals surface area (Å²) >= 11 is 0. The Hall–Kier alpha value is 0.0700. The van der Waals surface area contributed by atoms with E-state index in [1.165, 1.54) is 0 Å². The molecular weight excluding hydrogens is 275 g/mol. The summed E-state index contributed by atoms with van der Waals surface area (Å²) in [5.74, 6) is 0. The molecule has 0 rings (SSSR count). The van der Waals surface area contributed by atoms with E-state index in [2.05, 4.69) is 41.9 Å². The predicted molar refractivity (Wildman–Crippen MR) is 85.1 cm³/mol. The van der Waals surface area contributed by atoms with Crippen molar-refractivity contribution < 1.29 is 22.6 Å². The van der Waals surface area contributed by atoms with Gasteiger partial charge in [-0.3, -0.25) is 4.57 Å². The second kappa shape index (κ2) is 8.50. The molecule has 0 saturated heterocycles. The molecule has 122 valence electrons. The lowest BCUT2D eigenvalue weighted by Crippen LogP contribution is -2.49. The van der Waals surface area contributed by atoms with Crippen molar-refractivity contribution in [2.75, 3.05) is 73.7 Å². The van der Waals surface area contributed by atoms with E-state index in [9.17, 15) is 4.57 Å². The molecule has 1 unspecified atom stereocenters. The topological polar surface area (TPSA) is 35.5 Å². The van der Waals surface area contributed by atoms with Gasteiger partial charge in [-0.1, -0.05) is 0 Å². The summed E-state index contributed by atoms with van der Waals surface area (Å²) < 4.78 is 24.9. The Balaban J connectivity index is 4.13. The fourth-order valence-electron chi connectivity index (χ4n) is 2.06. The van der Waals surface area contributed by atoms with Gasteiger partial charge in [-0.25, -0.2) is 0 Å². The molecule has 0 bridgehead atoms. The molecule has 0 radical (unpaired) electrons. The minimum absolute atomic E-state index is 0.465. The predicted octanol–water partition coefficient (Wildman–Crippen LogP) is 2.43. The van der Waals surface area contributed by atoms with E-state index in [0.29, 0.717) is 13.2 Å². The van der Waals surface area contributed by atoms with Crippen molar-refractivity contribution >= 4 is 7.60 Å². The maximum atomic E-state index is 12.2. The summed E-state index contributed by atoms with van der Waals surface area (Å²) in [6.45, 7) is 14.0. The Bertz CT molecular complexity index is 304. The fourth-order valence-corrected chi connectivity index (χ4v) is 2.96. The van der Waals surface area contributed by atoms with Crippen molar-refractivity contribution in [3.63, 3.8) is 0 Å². The zero-order chi connectivity index (χ0) is 15.9. The molecule has 0 amide bonds. The molecule has 0 fully saturated rings. The number of rotatable bonds is 11. The highest BCUT2D eigenvalue weighted by atomic mass is 31.2. The van der Waals surface area contributed by atoms with E-state index in [4.69, 9.17) is 9.05 Å². The number of hydrogen-bond acceptors (Lipinski definition) is 3. The van der Waals surface area contributed by atoms with Gasteiger partial charge in [0.1, 0.15) is 26.3 Å². The smallest absolute Gasteiger partial charge is 0.328 e. The van der Waals surface area contributed by atoms with Crippen LogP contribution in [0.15, 0.2) is 0 Å². The first-order valence-corrected chi connectivity index (χ1v) is 9.61. The molecule has 0 spiro atoms. The third kappa shape index (κ3) is 8.38. The second-order valence-corrected chi connectivity index (χ2v) is 8.52. The van der Waals surface area contributed by atoms with Crippen LogP contribution in [-0.2, 0) is 13.6 Å². The first-order chi connectivity index (χ1) is 9.10. The molecule has 0 aromatic heterocycles. The van der Waals surface area contributed by atoms with Crippen molar-refractivity contribution in [2.45, 2.75) is 20.8 Å². The quantitative estimate of drug-likeness (QED) is 0.434. The molecule has 1 atom stereocenters. The Morgan fingerprint density at radius 1 is 0.850 bits per heavy atom. The Kier molecular flexibility index (Phi) is 8.53. The zero-order valence-corrected chi connectivity index (χ0v) is 15.4. The van der Waals surface area contributed by atoms with Crippen LogP contribution in [0.25, 0.3) is 0 Å². The van der Waals surface area contributed by atoms with E-state index in [0.717, 1.165) is 41.7 Å². The van der Waals surface area contributed by atoms with Gasteiger partial charge in [-0.15, -0.1) is 0 Å². The Morgan fingerprint density at radius 2 is 1.25 bits per heavy atom. The molecule has 20 heavy (non-hydrogen) atoms. The minimum Gasteiger partial charge on any atom is -0.329 e. The summed E-state index contributed by atoms with van der Waals surface area (Å²) in [5.41, 5.74) is 0. The molecule has 0 N–H and O–H groups in total. The maximum Gasteiger partial charge on any atom is 0.328 e. The van der Waals surface area contributed by atoms with Crippen molar-refractivity contribution in [1.29, 1.82) is 0 Å². The molecule has 0 aromatic carbocycles. The number of likely N-dealkylation sites (N-methyl/N-ethyl adjacent to an activating group) is 2. The van der Waals surface area contributed by atoms with E-state index >= 15 is 0 Å². The van der Waals surface area contributed by atoms with Crippen LogP contribution in [0.2, 0.25) is 0 Å². The van der Waals surface area contributed by atoms with Gasteiger partial charge in [-0.05, 0) is 20.8 Å². The summed E-state index contributed by atoms with van der Waals surface area (Å²) in [6, 6.07) is 0. The fraction of sp³-hybridized carbons (Fsp3) is 1.00. The normalized spacial score (nSPS) is 16.1. The third-order valence-corrected chi connectivity index (χ3v) is 5.29. The summed E-state index contributed by atoms with van der Waals surface area (Å²) in [7, 11) is 3.34. The van der Waals surface area contributed by atoms with Crippen LogP contribution in [0.5, 0.6) is 0 Å². The van der Waals surface area contributed by atoms with Crippen LogP contribution in [0.4, 0.5) is 0 Å². The van der Waals surface area contributed by atoms with Crippen LogP contribution in [0.1, 0.15) is 20.8 Å². The van der Waals surface area contributed by atoms with Crippen molar-refractivity contribution in [3.8, 4) is 0 Å². The number of quaternary nitrogens is 2. The average Bonchev–Trinajstić information content (AvgIpc) is 2.33. The molecule has 0 aliphatic carbocycles. The highest BCUT2D eigenvalue weighted by molar-refractivity contribution is 7.52. The SMILES string of the molecule is CC[N+](CC)(CC)CCOP(C)(=O)OCC[N+](C)(C)C. The van der Waals surface area contributed by atoms with Gasteiger partial charge in [0.25, 0.3) is 0 Å². The molecule has 0 aliphatic heterocycles. The van der Waals surface area contributed by atoms with Crippen molar-refractivity contribution in [3.05, 3.63) is 0 Å². The monoisotopic (exact) mass is 310 g/mol. The van der Waals surface area contributed by atoms with Crippen molar-refractivity contribution in [1.82, 2.24) is 0 Å². The molecule has 0 aliphatic rings. The van der Waals surface area contributed by atoms with Gasteiger partial charge in [0.2, 0.25) is 0 Å². The molecule has 0 aromatic rings. The lowest BCUT2D eigenvalue weighted by atomic mass is 10.3. The molecular formula is C14H35N2O3P+2. The van der Waals surface area contributed by atoms with Crippen LogP contribution in [0.3, 0.4) is 0 Å². The number of nitrogens with zero attached hydrogens (tertiary/aromatic N) is 2. The summed E-state index contributed by atoms with van der Waals surface area (Å²) in [5, 5.41) is 0. The summed E-state index contributed by atoms with van der Waals surface area (Å²) in [6.07, 6.45) is 0. The standard InChI is InChI=1S/C14H35N2O3P/c1-8-16(9-2,10-3)12-14-19-20(7,17)18-13-11-15(4,5)6/h8-14H2,1-7H3/q+2. The first-order valence-electron chi connectivity index (χ1n) is 7.62.